The Morgan fingerprint density at radius 2 is 2.18 bits per heavy atom. The van der Waals surface area contributed by atoms with E-state index in [-0.39, 0.29) is 5.75 Å². The van der Waals surface area contributed by atoms with Gasteiger partial charge in [-0.15, -0.1) is 0 Å². The summed E-state index contributed by atoms with van der Waals surface area (Å²) in [4.78, 5) is 4.14. The van der Waals surface area contributed by atoms with E-state index in [4.69, 9.17) is 0 Å². The summed E-state index contributed by atoms with van der Waals surface area (Å²) in [6.45, 7) is 3.09. The molecule has 0 atom stereocenters. The third-order valence-electron chi connectivity index (χ3n) is 2.42. The van der Waals surface area contributed by atoms with E-state index in [1.54, 1.807) is 13.2 Å². The van der Waals surface area contributed by atoms with Crippen LogP contribution in [0.1, 0.15) is 12.6 Å². The zero-order valence-corrected chi connectivity index (χ0v) is 11.1. The Bertz CT molecular complexity index is 420. The van der Waals surface area contributed by atoms with Crippen LogP contribution in [0.15, 0.2) is 24.4 Å². The summed E-state index contributed by atoms with van der Waals surface area (Å²) >= 11 is 0. The molecule has 96 valence electrons. The van der Waals surface area contributed by atoms with Crippen molar-refractivity contribution in [3.8, 4) is 0 Å². The highest BCUT2D eigenvalue weighted by Gasteiger charge is 2.20. The number of nitrogens with one attached hydrogen (secondary N) is 1. The highest BCUT2D eigenvalue weighted by Crippen LogP contribution is 2.07. The molecule has 1 aromatic rings. The van der Waals surface area contributed by atoms with Crippen LogP contribution in [0.5, 0.6) is 0 Å². The fraction of sp³-hybridized carbons (Fsp3) is 0.545. The number of rotatable bonds is 7. The highest BCUT2D eigenvalue weighted by molar-refractivity contribution is 7.89. The van der Waals surface area contributed by atoms with E-state index in [2.05, 4.69) is 10.3 Å². The van der Waals surface area contributed by atoms with E-state index in [1.165, 1.54) is 4.31 Å². The van der Waals surface area contributed by atoms with Crippen LogP contribution in [0.3, 0.4) is 0 Å². The minimum atomic E-state index is -3.20. The molecule has 0 radical (unpaired) electrons. The summed E-state index contributed by atoms with van der Waals surface area (Å²) in [6, 6.07) is 5.50. The number of pyridine rings is 1. The number of sulfonamides is 1. The number of hydrogen-bond donors (Lipinski definition) is 1. The zero-order valence-electron chi connectivity index (χ0n) is 10.3. The Balaban J connectivity index is 2.72. The normalized spacial score (nSPS) is 11.9. The quantitative estimate of drug-likeness (QED) is 0.770. The lowest BCUT2D eigenvalue weighted by Gasteiger charge is -2.19. The predicted octanol–water partition coefficient (Wildman–Crippen LogP) is 0.453. The molecular weight excluding hydrogens is 238 g/mol. The largest absolute Gasteiger partial charge is 0.319 e. The molecule has 0 fully saturated rings. The third-order valence-corrected chi connectivity index (χ3v) is 4.31. The summed E-state index contributed by atoms with van der Waals surface area (Å²) < 4.78 is 25.4. The van der Waals surface area contributed by atoms with Gasteiger partial charge >= 0.3 is 0 Å². The van der Waals surface area contributed by atoms with Crippen molar-refractivity contribution < 1.29 is 8.42 Å². The first-order valence-corrected chi connectivity index (χ1v) is 7.23. The minimum Gasteiger partial charge on any atom is -0.319 e. The molecule has 0 unspecified atom stereocenters. The van der Waals surface area contributed by atoms with Gasteiger partial charge in [0.05, 0.1) is 18.0 Å². The Morgan fingerprint density at radius 3 is 2.71 bits per heavy atom. The fourth-order valence-corrected chi connectivity index (χ4v) is 2.88. The summed E-state index contributed by atoms with van der Waals surface area (Å²) in [5.74, 6) is 0.115. The molecule has 5 nitrogen and oxygen atoms in total. The van der Waals surface area contributed by atoms with Crippen molar-refractivity contribution in [2.75, 3.05) is 25.9 Å². The van der Waals surface area contributed by atoms with Crippen LogP contribution in [0.2, 0.25) is 0 Å². The molecule has 1 rings (SSSR count). The van der Waals surface area contributed by atoms with Crippen molar-refractivity contribution in [2.24, 2.45) is 0 Å². The van der Waals surface area contributed by atoms with Gasteiger partial charge in [-0.2, -0.15) is 4.31 Å². The van der Waals surface area contributed by atoms with E-state index in [9.17, 15) is 8.42 Å². The van der Waals surface area contributed by atoms with Crippen LogP contribution in [-0.2, 0) is 16.6 Å². The van der Waals surface area contributed by atoms with Crippen molar-refractivity contribution in [1.29, 1.82) is 0 Å². The van der Waals surface area contributed by atoms with Gasteiger partial charge < -0.3 is 5.32 Å². The molecule has 0 aliphatic heterocycles. The Morgan fingerprint density at radius 1 is 1.41 bits per heavy atom. The molecule has 0 spiro atoms. The molecule has 17 heavy (non-hydrogen) atoms. The van der Waals surface area contributed by atoms with Gasteiger partial charge in [0.25, 0.3) is 0 Å². The molecule has 0 aromatic carbocycles. The van der Waals surface area contributed by atoms with E-state index in [0.29, 0.717) is 19.6 Å². The van der Waals surface area contributed by atoms with Crippen molar-refractivity contribution in [1.82, 2.24) is 14.6 Å². The van der Waals surface area contributed by atoms with E-state index >= 15 is 0 Å². The maximum atomic E-state index is 12.0. The van der Waals surface area contributed by atoms with Gasteiger partial charge in [0.1, 0.15) is 0 Å². The number of hydrogen-bond acceptors (Lipinski definition) is 4. The lowest BCUT2D eigenvalue weighted by Crippen LogP contribution is -2.35. The van der Waals surface area contributed by atoms with Crippen LogP contribution in [0.4, 0.5) is 0 Å². The molecule has 1 heterocycles. The van der Waals surface area contributed by atoms with Gasteiger partial charge in [-0.3, -0.25) is 4.98 Å². The molecular formula is C11H19N3O2S. The molecule has 1 aromatic heterocycles. The van der Waals surface area contributed by atoms with Gasteiger partial charge in [-0.25, -0.2) is 8.42 Å². The average Bonchev–Trinajstić information content (AvgIpc) is 2.34. The van der Waals surface area contributed by atoms with Gasteiger partial charge in [0.15, 0.2) is 0 Å². The molecule has 0 saturated carbocycles. The summed E-state index contributed by atoms with van der Waals surface area (Å²) in [5.41, 5.74) is 0.766. The maximum Gasteiger partial charge on any atom is 0.215 e. The summed E-state index contributed by atoms with van der Waals surface area (Å²) in [7, 11) is -1.46. The smallest absolute Gasteiger partial charge is 0.215 e. The highest BCUT2D eigenvalue weighted by atomic mass is 32.2. The maximum absolute atomic E-state index is 12.0. The Labute approximate surface area is 103 Å². The first kappa shape index (κ1) is 14.1. The second-order valence-corrected chi connectivity index (χ2v) is 5.76. The molecule has 6 heteroatoms. The van der Waals surface area contributed by atoms with Crippen molar-refractivity contribution in [3.05, 3.63) is 30.1 Å². The fourth-order valence-electron chi connectivity index (χ4n) is 1.44. The molecule has 0 bridgehead atoms. The van der Waals surface area contributed by atoms with Crippen LogP contribution in [0.25, 0.3) is 0 Å². The molecule has 0 aliphatic rings. The van der Waals surface area contributed by atoms with E-state index < -0.39 is 10.0 Å². The summed E-state index contributed by atoms with van der Waals surface area (Å²) in [5, 5.41) is 2.85. The lowest BCUT2D eigenvalue weighted by atomic mass is 10.3. The van der Waals surface area contributed by atoms with E-state index in [1.807, 2.05) is 25.1 Å². The third kappa shape index (κ3) is 4.41. The molecule has 0 saturated heterocycles. The topological polar surface area (TPSA) is 62.3 Å². The van der Waals surface area contributed by atoms with Crippen LogP contribution in [-0.4, -0.2) is 43.6 Å². The molecule has 0 aliphatic carbocycles. The monoisotopic (exact) mass is 257 g/mol. The van der Waals surface area contributed by atoms with Gasteiger partial charge in [0, 0.05) is 19.3 Å². The second kappa shape index (κ2) is 6.68. The Hall–Kier alpha value is -0.980. The predicted molar refractivity (Wildman–Crippen MR) is 68.0 cm³/mol. The van der Waals surface area contributed by atoms with Gasteiger partial charge in [0.2, 0.25) is 10.0 Å². The number of aromatic nitrogens is 1. The second-order valence-electron chi connectivity index (χ2n) is 3.67. The van der Waals surface area contributed by atoms with E-state index in [0.717, 1.165) is 5.69 Å². The average molecular weight is 257 g/mol. The lowest BCUT2D eigenvalue weighted by molar-refractivity contribution is 0.418. The Kier molecular flexibility index (Phi) is 5.54. The summed E-state index contributed by atoms with van der Waals surface area (Å²) in [6.07, 6.45) is 1.67. The van der Waals surface area contributed by atoms with Crippen LogP contribution in [0, 0.1) is 0 Å². The van der Waals surface area contributed by atoms with Gasteiger partial charge in [-0.05, 0) is 19.2 Å². The van der Waals surface area contributed by atoms with Gasteiger partial charge in [-0.1, -0.05) is 13.0 Å². The SMILES string of the molecule is CCN(Cc1ccccn1)S(=O)(=O)CCNC. The minimum absolute atomic E-state index is 0.115. The molecule has 0 amide bonds. The van der Waals surface area contributed by atoms with Crippen molar-refractivity contribution in [3.63, 3.8) is 0 Å². The zero-order chi connectivity index (χ0) is 12.7. The first-order valence-electron chi connectivity index (χ1n) is 5.62. The van der Waals surface area contributed by atoms with Crippen LogP contribution >= 0.6 is 0 Å². The van der Waals surface area contributed by atoms with Crippen molar-refractivity contribution >= 4 is 10.0 Å². The standard InChI is InChI=1S/C11H19N3O2S/c1-3-14(17(15,16)9-8-12-2)10-11-6-4-5-7-13-11/h4-7,12H,3,8-10H2,1-2H3. The van der Waals surface area contributed by atoms with Crippen molar-refractivity contribution in [2.45, 2.75) is 13.5 Å². The van der Waals surface area contributed by atoms with Crippen LogP contribution < -0.4 is 5.32 Å². The molecule has 1 N–H and O–H groups in total. The number of nitrogens with zero attached hydrogens (tertiary/aromatic N) is 2. The first-order chi connectivity index (χ1) is 8.10.